The number of nitrogens with zero attached hydrogens (tertiary/aromatic N) is 1. The van der Waals surface area contributed by atoms with E-state index < -0.39 is 0 Å². The highest BCUT2D eigenvalue weighted by molar-refractivity contribution is 5.95. The summed E-state index contributed by atoms with van der Waals surface area (Å²) in [6.07, 6.45) is 0.841. The van der Waals surface area contributed by atoms with Gasteiger partial charge in [0.05, 0.1) is 0 Å². The molecule has 0 unspecified atom stereocenters. The molecule has 3 nitrogen and oxygen atoms in total. The molecule has 0 fully saturated rings. The van der Waals surface area contributed by atoms with Gasteiger partial charge in [-0.1, -0.05) is 24.6 Å². The van der Waals surface area contributed by atoms with Crippen molar-refractivity contribution in [2.45, 2.75) is 27.2 Å². The van der Waals surface area contributed by atoms with E-state index >= 15 is 0 Å². The first kappa shape index (κ1) is 11.4. The number of carbonyl (C=O) groups excluding carboxylic acids is 1. The minimum absolute atomic E-state index is 0.161. The number of hydrogen-bond acceptors (Lipinski definition) is 2. The molecule has 0 radical (unpaired) electrons. The number of nitrogens with one attached hydrogen (secondary N) is 1. The van der Waals surface area contributed by atoms with Crippen molar-refractivity contribution in [3.8, 4) is 0 Å². The fourth-order valence-electron chi connectivity index (χ4n) is 1.08. The third kappa shape index (κ3) is 3.54. The highest BCUT2D eigenvalue weighted by Gasteiger charge is 2.03. The van der Waals surface area contributed by atoms with E-state index in [4.69, 9.17) is 0 Å². The van der Waals surface area contributed by atoms with E-state index in [9.17, 15) is 4.79 Å². The Bertz CT molecular complexity index is 383. The van der Waals surface area contributed by atoms with E-state index in [0.29, 0.717) is 5.56 Å². The van der Waals surface area contributed by atoms with E-state index in [1.807, 2.05) is 39.0 Å². The smallest absolute Gasteiger partial charge is 0.267 e. The Balaban J connectivity index is 2.70. The monoisotopic (exact) mass is 204 g/mol. The summed E-state index contributed by atoms with van der Waals surface area (Å²) in [6.45, 7) is 5.84. The molecule has 1 rings (SSSR count). The van der Waals surface area contributed by atoms with Gasteiger partial charge in [-0.3, -0.25) is 4.79 Å². The lowest BCUT2D eigenvalue weighted by Crippen LogP contribution is -2.18. The van der Waals surface area contributed by atoms with Crippen molar-refractivity contribution in [2.75, 3.05) is 0 Å². The van der Waals surface area contributed by atoms with E-state index in [2.05, 4.69) is 10.5 Å². The average molecular weight is 204 g/mol. The molecule has 0 bridgehead atoms. The maximum atomic E-state index is 11.6. The molecule has 0 heterocycles. The summed E-state index contributed by atoms with van der Waals surface area (Å²) >= 11 is 0. The van der Waals surface area contributed by atoms with Crippen molar-refractivity contribution in [2.24, 2.45) is 5.10 Å². The van der Waals surface area contributed by atoms with Crippen molar-refractivity contribution >= 4 is 11.6 Å². The Kier molecular flexibility index (Phi) is 4.03. The topological polar surface area (TPSA) is 41.5 Å². The first-order chi connectivity index (χ1) is 7.13. The largest absolute Gasteiger partial charge is 0.271 e. The van der Waals surface area contributed by atoms with E-state index in [-0.39, 0.29) is 5.91 Å². The second-order valence-corrected chi connectivity index (χ2v) is 3.51. The summed E-state index contributed by atoms with van der Waals surface area (Å²) in [5, 5.41) is 3.97. The van der Waals surface area contributed by atoms with Gasteiger partial charge in [-0.2, -0.15) is 5.10 Å². The van der Waals surface area contributed by atoms with Crippen LogP contribution in [0.2, 0.25) is 0 Å². The summed E-state index contributed by atoms with van der Waals surface area (Å²) in [7, 11) is 0. The lowest BCUT2D eigenvalue weighted by Gasteiger charge is -2.01. The minimum Gasteiger partial charge on any atom is -0.267 e. The van der Waals surface area contributed by atoms with Crippen molar-refractivity contribution < 1.29 is 4.79 Å². The van der Waals surface area contributed by atoms with Crippen LogP contribution in [0.3, 0.4) is 0 Å². The van der Waals surface area contributed by atoms with E-state index in [1.165, 1.54) is 0 Å². The first-order valence-electron chi connectivity index (χ1n) is 5.03. The number of aryl methyl sites for hydroxylation is 1. The molecule has 0 aliphatic carbocycles. The molecular formula is C12H16N2O. The van der Waals surface area contributed by atoms with Crippen molar-refractivity contribution in [3.05, 3.63) is 35.4 Å². The molecule has 0 aromatic heterocycles. The highest BCUT2D eigenvalue weighted by Crippen LogP contribution is 2.03. The van der Waals surface area contributed by atoms with Crippen LogP contribution in [0.4, 0.5) is 0 Å². The molecule has 0 atom stereocenters. The van der Waals surface area contributed by atoms with Gasteiger partial charge in [0.1, 0.15) is 0 Å². The Morgan fingerprint density at radius 3 is 2.80 bits per heavy atom. The van der Waals surface area contributed by atoms with Gasteiger partial charge in [-0.15, -0.1) is 0 Å². The SMILES string of the molecule is CCC(C)=NNC(=O)c1cccc(C)c1. The van der Waals surface area contributed by atoms with E-state index in [1.54, 1.807) is 6.07 Å². The fourth-order valence-corrected chi connectivity index (χ4v) is 1.08. The summed E-state index contributed by atoms with van der Waals surface area (Å²) in [5.41, 5.74) is 5.15. The molecule has 0 saturated heterocycles. The Morgan fingerprint density at radius 1 is 1.47 bits per heavy atom. The maximum absolute atomic E-state index is 11.6. The summed E-state index contributed by atoms with van der Waals surface area (Å²) in [6, 6.07) is 7.43. The predicted molar refractivity (Wildman–Crippen MR) is 62.0 cm³/mol. The fraction of sp³-hybridized carbons (Fsp3) is 0.333. The molecule has 3 heteroatoms. The number of carbonyl (C=O) groups is 1. The standard InChI is InChI=1S/C12H16N2O/c1-4-10(3)13-14-12(15)11-7-5-6-9(2)8-11/h5-8H,4H2,1-3H3,(H,14,15). The number of benzene rings is 1. The van der Waals surface area contributed by atoms with E-state index in [0.717, 1.165) is 17.7 Å². The zero-order chi connectivity index (χ0) is 11.3. The lowest BCUT2D eigenvalue weighted by molar-refractivity contribution is 0.0954. The molecule has 0 aliphatic heterocycles. The van der Waals surface area contributed by atoms with Crippen LogP contribution in [0.5, 0.6) is 0 Å². The molecule has 1 aromatic carbocycles. The molecule has 0 aliphatic rings. The van der Waals surface area contributed by atoms with Crippen LogP contribution in [0.1, 0.15) is 36.2 Å². The van der Waals surface area contributed by atoms with Gasteiger partial charge in [-0.05, 0) is 32.4 Å². The predicted octanol–water partition coefficient (Wildman–Crippen LogP) is 2.51. The summed E-state index contributed by atoms with van der Waals surface area (Å²) in [4.78, 5) is 11.6. The van der Waals surface area contributed by atoms with Crippen LogP contribution in [0.25, 0.3) is 0 Å². The quantitative estimate of drug-likeness (QED) is 0.596. The second kappa shape index (κ2) is 5.29. The maximum Gasteiger partial charge on any atom is 0.271 e. The van der Waals surface area contributed by atoms with Gasteiger partial charge in [0.25, 0.3) is 5.91 Å². The van der Waals surface area contributed by atoms with Crippen LogP contribution >= 0.6 is 0 Å². The van der Waals surface area contributed by atoms with Gasteiger partial charge in [0.15, 0.2) is 0 Å². The average Bonchev–Trinajstić information content (AvgIpc) is 2.25. The third-order valence-corrected chi connectivity index (χ3v) is 2.14. The number of amides is 1. The molecular weight excluding hydrogens is 188 g/mol. The Hall–Kier alpha value is -1.64. The van der Waals surface area contributed by atoms with Gasteiger partial charge in [0, 0.05) is 11.3 Å². The number of rotatable bonds is 3. The zero-order valence-corrected chi connectivity index (χ0v) is 9.37. The first-order valence-corrected chi connectivity index (χ1v) is 5.03. The minimum atomic E-state index is -0.161. The molecule has 0 saturated carbocycles. The van der Waals surface area contributed by atoms with Crippen LogP contribution in [0, 0.1) is 6.92 Å². The van der Waals surface area contributed by atoms with Crippen LogP contribution in [-0.2, 0) is 0 Å². The summed E-state index contributed by atoms with van der Waals surface area (Å²) in [5.74, 6) is -0.161. The van der Waals surface area contributed by atoms with Crippen LogP contribution in [0.15, 0.2) is 29.4 Å². The normalized spacial score (nSPS) is 11.3. The van der Waals surface area contributed by atoms with Crippen LogP contribution in [-0.4, -0.2) is 11.6 Å². The Morgan fingerprint density at radius 2 is 2.20 bits per heavy atom. The van der Waals surface area contributed by atoms with Crippen LogP contribution < -0.4 is 5.43 Å². The molecule has 80 valence electrons. The molecule has 1 amide bonds. The molecule has 0 spiro atoms. The van der Waals surface area contributed by atoms with Gasteiger partial charge in [0.2, 0.25) is 0 Å². The number of hydrogen-bond donors (Lipinski definition) is 1. The lowest BCUT2D eigenvalue weighted by atomic mass is 10.1. The van der Waals surface area contributed by atoms with Crippen molar-refractivity contribution in [3.63, 3.8) is 0 Å². The van der Waals surface area contributed by atoms with Crippen molar-refractivity contribution in [1.82, 2.24) is 5.43 Å². The zero-order valence-electron chi connectivity index (χ0n) is 9.37. The summed E-state index contributed by atoms with van der Waals surface area (Å²) < 4.78 is 0. The highest BCUT2D eigenvalue weighted by atomic mass is 16.2. The van der Waals surface area contributed by atoms with Gasteiger partial charge in [-0.25, -0.2) is 5.43 Å². The third-order valence-electron chi connectivity index (χ3n) is 2.14. The Labute approximate surface area is 90.2 Å². The molecule has 15 heavy (non-hydrogen) atoms. The van der Waals surface area contributed by atoms with Gasteiger partial charge >= 0.3 is 0 Å². The van der Waals surface area contributed by atoms with Crippen molar-refractivity contribution in [1.29, 1.82) is 0 Å². The molecule has 1 N–H and O–H groups in total. The number of hydrazone groups is 1. The second-order valence-electron chi connectivity index (χ2n) is 3.51. The molecule has 1 aromatic rings. The van der Waals surface area contributed by atoms with Gasteiger partial charge < -0.3 is 0 Å².